The molecule has 0 saturated heterocycles. The number of benzene rings is 1. The third-order valence-electron chi connectivity index (χ3n) is 3.96. The van der Waals surface area contributed by atoms with E-state index in [1.165, 1.54) is 18.4 Å². The molecule has 0 radical (unpaired) electrons. The molecule has 1 aromatic carbocycles. The summed E-state index contributed by atoms with van der Waals surface area (Å²) in [6.07, 6.45) is 0. The number of carbonyl (C=O) groups excluding carboxylic acids is 1. The highest BCUT2D eigenvalue weighted by atomic mass is 32.2. The number of amides is 1. The van der Waals surface area contributed by atoms with Crippen molar-refractivity contribution < 1.29 is 13.2 Å². The summed E-state index contributed by atoms with van der Waals surface area (Å²) < 4.78 is 26.9. The molecule has 7 nitrogen and oxygen atoms in total. The maximum atomic E-state index is 12.3. The minimum Gasteiger partial charge on any atom is -0.350 e. The molecule has 8 heteroatoms. The molecule has 1 atom stereocenters. The molecule has 2 rings (SSSR count). The molecule has 1 N–H and O–H groups in total. The van der Waals surface area contributed by atoms with Crippen molar-refractivity contribution in [3.63, 3.8) is 0 Å². The van der Waals surface area contributed by atoms with Crippen molar-refractivity contribution in [3.8, 4) is 0 Å². The molecular formula is C17H24N4O3S. The monoisotopic (exact) mass is 364 g/mol. The van der Waals surface area contributed by atoms with Gasteiger partial charge < -0.3 is 5.32 Å². The Morgan fingerprint density at radius 1 is 1.24 bits per heavy atom. The van der Waals surface area contributed by atoms with Crippen LogP contribution in [0.15, 0.2) is 35.2 Å². The van der Waals surface area contributed by atoms with Gasteiger partial charge in [0.15, 0.2) is 0 Å². The van der Waals surface area contributed by atoms with Gasteiger partial charge in [-0.3, -0.25) is 9.48 Å². The first-order valence-corrected chi connectivity index (χ1v) is 9.39. The van der Waals surface area contributed by atoms with Crippen molar-refractivity contribution in [2.45, 2.75) is 38.3 Å². The largest absolute Gasteiger partial charge is 0.350 e. The van der Waals surface area contributed by atoms with Crippen LogP contribution in [0.1, 0.15) is 29.9 Å². The molecule has 1 heterocycles. The number of sulfonamides is 1. The lowest BCUT2D eigenvalue weighted by atomic mass is 10.2. The standard InChI is InChI=1S/C17H24N4O3S/c1-12-10-13(2)21(19-12)14(3)17(22)18-11-15-6-8-16(9-7-15)25(23,24)20(4)5/h6-10,14H,11H2,1-5H3,(H,18,22)/t14-/m0/s1. The molecule has 0 saturated carbocycles. The molecule has 0 bridgehead atoms. The van der Waals surface area contributed by atoms with Gasteiger partial charge in [-0.1, -0.05) is 12.1 Å². The maximum Gasteiger partial charge on any atom is 0.244 e. The van der Waals surface area contributed by atoms with Crippen LogP contribution in [0, 0.1) is 13.8 Å². The van der Waals surface area contributed by atoms with Gasteiger partial charge >= 0.3 is 0 Å². The van der Waals surface area contributed by atoms with Gasteiger partial charge in [0, 0.05) is 26.3 Å². The third kappa shape index (κ3) is 4.26. The molecule has 0 spiro atoms. The molecule has 0 aliphatic heterocycles. The van der Waals surface area contributed by atoms with E-state index in [9.17, 15) is 13.2 Å². The predicted molar refractivity (Wildman–Crippen MR) is 95.6 cm³/mol. The van der Waals surface area contributed by atoms with E-state index in [0.29, 0.717) is 6.54 Å². The Labute approximate surface area is 148 Å². The second kappa shape index (κ2) is 7.37. The number of hydrogen-bond donors (Lipinski definition) is 1. The molecule has 1 aromatic heterocycles. The first-order chi connectivity index (χ1) is 11.6. The summed E-state index contributed by atoms with van der Waals surface area (Å²) in [5.74, 6) is -0.142. The van der Waals surface area contributed by atoms with Crippen LogP contribution < -0.4 is 5.32 Å². The summed E-state index contributed by atoms with van der Waals surface area (Å²) in [7, 11) is -0.463. The van der Waals surface area contributed by atoms with Gasteiger partial charge in [0.25, 0.3) is 0 Å². The fraction of sp³-hybridized carbons (Fsp3) is 0.412. The van der Waals surface area contributed by atoms with Crippen LogP contribution in [0.5, 0.6) is 0 Å². The first kappa shape index (κ1) is 19.1. The Morgan fingerprint density at radius 3 is 2.32 bits per heavy atom. The zero-order valence-corrected chi connectivity index (χ0v) is 16.0. The van der Waals surface area contributed by atoms with Crippen LogP contribution in [0.25, 0.3) is 0 Å². The van der Waals surface area contributed by atoms with Crippen molar-refractivity contribution in [3.05, 3.63) is 47.3 Å². The number of nitrogens with one attached hydrogen (secondary N) is 1. The normalized spacial score (nSPS) is 13.0. The van der Waals surface area contributed by atoms with E-state index in [2.05, 4.69) is 10.4 Å². The summed E-state index contributed by atoms with van der Waals surface area (Å²) in [5.41, 5.74) is 2.62. The Hall–Kier alpha value is -2.19. The van der Waals surface area contributed by atoms with Crippen molar-refractivity contribution in [1.82, 2.24) is 19.4 Å². The quantitative estimate of drug-likeness (QED) is 0.844. The van der Waals surface area contributed by atoms with E-state index in [1.54, 1.807) is 35.9 Å². The van der Waals surface area contributed by atoms with Crippen LogP contribution >= 0.6 is 0 Å². The Bertz CT molecular complexity index is 855. The fourth-order valence-corrected chi connectivity index (χ4v) is 3.38. The van der Waals surface area contributed by atoms with E-state index < -0.39 is 16.1 Å². The highest BCUT2D eigenvalue weighted by molar-refractivity contribution is 7.89. The van der Waals surface area contributed by atoms with Gasteiger partial charge in [0.2, 0.25) is 15.9 Å². The Balaban J connectivity index is 2.01. The van der Waals surface area contributed by atoms with Gasteiger partial charge in [0.1, 0.15) is 6.04 Å². The molecule has 1 amide bonds. The van der Waals surface area contributed by atoms with Gasteiger partial charge in [0.05, 0.1) is 10.6 Å². The highest BCUT2D eigenvalue weighted by Gasteiger charge is 2.18. The molecule has 0 aliphatic carbocycles. The summed E-state index contributed by atoms with van der Waals surface area (Å²) in [6, 6.07) is 7.99. The van der Waals surface area contributed by atoms with Gasteiger partial charge in [-0.15, -0.1) is 0 Å². The molecule has 136 valence electrons. The first-order valence-electron chi connectivity index (χ1n) is 7.95. The average molecular weight is 364 g/mol. The Kier molecular flexibility index (Phi) is 5.64. The maximum absolute atomic E-state index is 12.3. The van der Waals surface area contributed by atoms with Crippen molar-refractivity contribution in [1.29, 1.82) is 0 Å². The second-order valence-electron chi connectivity index (χ2n) is 6.20. The number of aromatic nitrogens is 2. The molecular weight excluding hydrogens is 340 g/mol. The number of aryl methyl sites for hydroxylation is 2. The molecule has 0 unspecified atom stereocenters. The van der Waals surface area contributed by atoms with E-state index in [4.69, 9.17) is 0 Å². The lowest BCUT2D eigenvalue weighted by molar-refractivity contribution is -0.124. The topological polar surface area (TPSA) is 84.3 Å². The number of rotatable bonds is 6. The predicted octanol–water partition coefficient (Wildman–Crippen LogP) is 1.63. The van der Waals surface area contributed by atoms with E-state index in [-0.39, 0.29) is 10.8 Å². The zero-order valence-electron chi connectivity index (χ0n) is 15.1. The Morgan fingerprint density at radius 2 is 1.84 bits per heavy atom. The summed E-state index contributed by atoms with van der Waals surface area (Å²) in [5, 5.41) is 7.18. The minimum atomic E-state index is -3.44. The SMILES string of the molecule is Cc1cc(C)n([C@@H](C)C(=O)NCc2ccc(S(=O)(=O)N(C)C)cc2)n1. The molecule has 2 aromatic rings. The minimum absolute atomic E-state index is 0.142. The summed E-state index contributed by atoms with van der Waals surface area (Å²) in [6.45, 7) is 5.91. The molecule has 25 heavy (non-hydrogen) atoms. The van der Waals surface area contributed by atoms with Crippen LogP contribution in [0.4, 0.5) is 0 Å². The smallest absolute Gasteiger partial charge is 0.244 e. The lowest BCUT2D eigenvalue weighted by Crippen LogP contribution is -2.31. The molecule has 0 fully saturated rings. The van der Waals surface area contributed by atoms with Gasteiger partial charge in [-0.05, 0) is 44.5 Å². The second-order valence-corrected chi connectivity index (χ2v) is 8.35. The van der Waals surface area contributed by atoms with Crippen LogP contribution in [0.2, 0.25) is 0 Å². The van der Waals surface area contributed by atoms with E-state index >= 15 is 0 Å². The van der Waals surface area contributed by atoms with E-state index in [0.717, 1.165) is 17.0 Å². The molecule has 0 aliphatic rings. The van der Waals surface area contributed by atoms with Crippen molar-refractivity contribution in [2.24, 2.45) is 0 Å². The third-order valence-corrected chi connectivity index (χ3v) is 5.79. The van der Waals surface area contributed by atoms with Gasteiger partial charge in [-0.2, -0.15) is 5.10 Å². The van der Waals surface area contributed by atoms with Crippen molar-refractivity contribution >= 4 is 15.9 Å². The van der Waals surface area contributed by atoms with Crippen LogP contribution in [-0.2, 0) is 21.4 Å². The fourth-order valence-electron chi connectivity index (χ4n) is 2.48. The van der Waals surface area contributed by atoms with Crippen LogP contribution in [0.3, 0.4) is 0 Å². The highest BCUT2D eigenvalue weighted by Crippen LogP contribution is 2.15. The zero-order chi connectivity index (χ0) is 18.8. The summed E-state index contributed by atoms with van der Waals surface area (Å²) >= 11 is 0. The summed E-state index contributed by atoms with van der Waals surface area (Å²) in [4.78, 5) is 12.5. The van der Waals surface area contributed by atoms with Crippen molar-refractivity contribution in [2.75, 3.05) is 14.1 Å². The average Bonchev–Trinajstić information content (AvgIpc) is 2.90. The van der Waals surface area contributed by atoms with Crippen LogP contribution in [-0.4, -0.2) is 42.5 Å². The number of hydrogen-bond acceptors (Lipinski definition) is 4. The lowest BCUT2D eigenvalue weighted by Gasteiger charge is -2.15. The number of nitrogens with zero attached hydrogens (tertiary/aromatic N) is 3. The van der Waals surface area contributed by atoms with E-state index in [1.807, 2.05) is 19.9 Å². The number of carbonyl (C=O) groups is 1. The van der Waals surface area contributed by atoms with Gasteiger partial charge in [-0.25, -0.2) is 12.7 Å².